The van der Waals surface area contributed by atoms with Crippen LogP contribution in [0.3, 0.4) is 0 Å². The normalized spacial score (nSPS) is 21.2. The third kappa shape index (κ3) is 5.07. The van der Waals surface area contributed by atoms with Crippen LogP contribution in [0.5, 0.6) is 5.75 Å². The Kier molecular flexibility index (Phi) is 6.87. The predicted octanol–water partition coefficient (Wildman–Crippen LogP) is 4.72. The van der Waals surface area contributed by atoms with Crippen molar-refractivity contribution in [2.45, 2.75) is 58.6 Å². The highest BCUT2D eigenvalue weighted by Gasteiger charge is 2.33. The fourth-order valence-corrected chi connectivity index (χ4v) is 4.85. The van der Waals surface area contributed by atoms with E-state index in [-0.39, 0.29) is 12.0 Å². The van der Waals surface area contributed by atoms with Crippen LogP contribution in [-0.4, -0.2) is 53.6 Å². The number of halogens is 1. The van der Waals surface area contributed by atoms with Gasteiger partial charge in [0.25, 0.3) is 5.91 Å². The Morgan fingerprint density at radius 3 is 2.74 bits per heavy atom. The summed E-state index contributed by atoms with van der Waals surface area (Å²) in [5, 5.41) is 4.77. The van der Waals surface area contributed by atoms with Crippen molar-refractivity contribution in [3.05, 3.63) is 45.8 Å². The number of benzene rings is 1. The third-order valence-corrected chi connectivity index (χ3v) is 6.83. The average molecular weight is 446 g/mol. The zero-order chi connectivity index (χ0) is 22.0. The van der Waals surface area contributed by atoms with Crippen LogP contribution in [0.25, 0.3) is 0 Å². The van der Waals surface area contributed by atoms with Crippen molar-refractivity contribution in [3.63, 3.8) is 0 Å². The molecule has 1 saturated carbocycles. The maximum absolute atomic E-state index is 12.8. The van der Waals surface area contributed by atoms with E-state index in [0.29, 0.717) is 30.2 Å². The summed E-state index contributed by atoms with van der Waals surface area (Å²) < 4.78 is 11.3. The van der Waals surface area contributed by atoms with Crippen LogP contribution in [0.4, 0.5) is 0 Å². The number of ether oxygens (including phenoxy) is 1. The Bertz CT molecular complexity index is 917. The average Bonchev–Trinajstić information content (AvgIpc) is 3.36. The van der Waals surface area contributed by atoms with Crippen molar-refractivity contribution in [3.8, 4) is 5.75 Å². The number of carbonyl (C=O) groups excluding carboxylic acids is 1. The molecule has 4 rings (SSSR count). The van der Waals surface area contributed by atoms with Gasteiger partial charge in [-0.3, -0.25) is 9.69 Å². The Morgan fingerprint density at radius 2 is 2.06 bits per heavy atom. The zero-order valence-corrected chi connectivity index (χ0v) is 19.5. The molecule has 1 saturated heterocycles. The van der Waals surface area contributed by atoms with Crippen molar-refractivity contribution >= 4 is 17.5 Å². The summed E-state index contributed by atoms with van der Waals surface area (Å²) in [6.07, 6.45) is 5.30. The minimum atomic E-state index is -0.0136. The molecule has 0 spiro atoms. The Labute approximate surface area is 189 Å². The number of rotatable bonds is 8. The van der Waals surface area contributed by atoms with Crippen LogP contribution in [0.1, 0.15) is 60.0 Å². The van der Waals surface area contributed by atoms with Crippen LogP contribution >= 0.6 is 11.6 Å². The standard InChI is InChI=1S/C24H32ClN3O3/c1-4-22-23(16(2)31-26-22)24(29)27(3)14-17-11-20(12-17)30-19-8-7-18(21(25)13-19)15-28-9-5-6-10-28/h7-8,13,17,20H,4-6,9-12,14-15H2,1-3H3. The Morgan fingerprint density at radius 1 is 1.32 bits per heavy atom. The summed E-state index contributed by atoms with van der Waals surface area (Å²) >= 11 is 6.51. The molecule has 1 aromatic carbocycles. The van der Waals surface area contributed by atoms with Gasteiger partial charge in [-0.1, -0.05) is 29.7 Å². The van der Waals surface area contributed by atoms with E-state index in [2.05, 4.69) is 16.1 Å². The first-order chi connectivity index (χ1) is 14.9. The second kappa shape index (κ2) is 9.61. The zero-order valence-electron chi connectivity index (χ0n) is 18.7. The van der Waals surface area contributed by atoms with Gasteiger partial charge in [0.15, 0.2) is 0 Å². The van der Waals surface area contributed by atoms with Crippen LogP contribution in [-0.2, 0) is 13.0 Å². The molecule has 0 N–H and O–H groups in total. The molecule has 2 heterocycles. The molecule has 0 atom stereocenters. The maximum Gasteiger partial charge on any atom is 0.259 e. The van der Waals surface area contributed by atoms with Gasteiger partial charge in [0.2, 0.25) is 0 Å². The second-order valence-corrected chi connectivity index (χ2v) is 9.32. The van der Waals surface area contributed by atoms with Gasteiger partial charge in [-0.25, -0.2) is 0 Å². The SMILES string of the molecule is CCc1noc(C)c1C(=O)N(C)CC1CC(Oc2ccc(CN3CCCC3)c(Cl)c2)C1. The minimum Gasteiger partial charge on any atom is -0.490 e. The van der Waals surface area contributed by atoms with E-state index in [1.165, 1.54) is 12.8 Å². The molecule has 0 unspecified atom stereocenters. The molecule has 1 aliphatic heterocycles. The molecule has 7 heteroatoms. The van der Waals surface area contributed by atoms with E-state index < -0.39 is 0 Å². The van der Waals surface area contributed by atoms with Gasteiger partial charge in [-0.2, -0.15) is 0 Å². The van der Waals surface area contributed by atoms with Gasteiger partial charge in [-0.05, 0) is 75.7 Å². The highest BCUT2D eigenvalue weighted by Crippen LogP contribution is 2.34. The lowest BCUT2D eigenvalue weighted by Gasteiger charge is -2.37. The van der Waals surface area contributed by atoms with Crippen molar-refractivity contribution in [2.24, 2.45) is 5.92 Å². The number of aryl methyl sites for hydroxylation is 2. The Balaban J connectivity index is 1.25. The number of hydrogen-bond donors (Lipinski definition) is 0. The largest absolute Gasteiger partial charge is 0.490 e. The molecule has 2 aliphatic rings. The van der Waals surface area contributed by atoms with Gasteiger partial charge in [-0.15, -0.1) is 0 Å². The van der Waals surface area contributed by atoms with Gasteiger partial charge < -0.3 is 14.2 Å². The summed E-state index contributed by atoms with van der Waals surface area (Å²) in [5.74, 6) is 1.85. The summed E-state index contributed by atoms with van der Waals surface area (Å²) in [5.41, 5.74) is 2.51. The maximum atomic E-state index is 12.8. The first kappa shape index (κ1) is 22.2. The fourth-order valence-electron chi connectivity index (χ4n) is 4.62. The molecule has 31 heavy (non-hydrogen) atoms. The van der Waals surface area contributed by atoms with E-state index in [1.807, 2.05) is 26.1 Å². The first-order valence-electron chi connectivity index (χ1n) is 11.3. The number of nitrogens with zero attached hydrogens (tertiary/aromatic N) is 3. The number of amides is 1. The molecule has 0 radical (unpaired) electrons. The van der Waals surface area contributed by atoms with Crippen molar-refractivity contribution in [1.29, 1.82) is 0 Å². The van der Waals surface area contributed by atoms with Crippen molar-refractivity contribution < 1.29 is 14.1 Å². The van der Waals surface area contributed by atoms with E-state index in [4.69, 9.17) is 20.9 Å². The molecule has 0 bridgehead atoms. The fraction of sp³-hybridized carbons (Fsp3) is 0.583. The van der Waals surface area contributed by atoms with Crippen LogP contribution in [0.15, 0.2) is 22.7 Å². The lowest BCUT2D eigenvalue weighted by atomic mass is 9.82. The summed E-state index contributed by atoms with van der Waals surface area (Å²) in [6.45, 7) is 7.71. The number of carbonyl (C=O) groups is 1. The first-order valence-corrected chi connectivity index (χ1v) is 11.7. The number of aromatic nitrogens is 1. The highest BCUT2D eigenvalue weighted by atomic mass is 35.5. The topological polar surface area (TPSA) is 58.8 Å². The highest BCUT2D eigenvalue weighted by molar-refractivity contribution is 6.31. The molecule has 6 nitrogen and oxygen atoms in total. The van der Waals surface area contributed by atoms with Crippen molar-refractivity contribution in [1.82, 2.24) is 15.0 Å². The van der Waals surface area contributed by atoms with Gasteiger partial charge in [0.05, 0.1) is 11.8 Å². The molecule has 2 fully saturated rings. The van der Waals surface area contributed by atoms with Crippen LogP contribution < -0.4 is 4.74 Å². The predicted molar refractivity (Wildman–Crippen MR) is 121 cm³/mol. The van der Waals surface area contributed by atoms with E-state index in [1.54, 1.807) is 11.8 Å². The molecule has 168 valence electrons. The summed E-state index contributed by atoms with van der Waals surface area (Å²) in [6, 6.07) is 6.06. The molecular weight excluding hydrogens is 414 g/mol. The van der Waals surface area contributed by atoms with Crippen LogP contribution in [0, 0.1) is 12.8 Å². The monoisotopic (exact) mass is 445 g/mol. The second-order valence-electron chi connectivity index (χ2n) is 8.91. The Hall–Kier alpha value is -2.05. The molecule has 1 aliphatic carbocycles. The minimum absolute atomic E-state index is 0.0136. The van der Waals surface area contributed by atoms with E-state index in [0.717, 1.165) is 54.5 Å². The van der Waals surface area contributed by atoms with E-state index in [9.17, 15) is 4.79 Å². The molecular formula is C24H32ClN3O3. The summed E-state index contributed by atoms with van der Waals surface area (Å²) in [4.78, 5) is 17.1. The summed E-state index contributed by atoms with van der Waals surface area (Å²) in [7, 11) is 1.85. The van der Waals surface area contributed by atoms with Crippen molar-refractivity contribution in [2.75, 3.05) is 26.7 Å². The molecule has 2 aromatic rings. The smallest absolute Gasteiger partial charge is 0.259 e. The molecule has 1 aromatic heterocycles. The van der Waals surface area contributed by atoms with Gasteiger partial charge >= 0.3 is 0 Å². The van der Waals surface area contributed by atoms with E-state index >= 15 is 0 Å². The molecule has 1 amide bonds. The van der Waals surface area contributed by atoms with Gasteiger partial charge in [0.1, 0.15) is 17.1 Å². The lowest BCUT2D eigenvalue weighted by Crippen LogP contribution is -2.42. The number of likely N-dealkylation sites (tertiary alicyclic amines) is 1. The number of hydrogen-bond acceptors (Lipinski definition) is 5. The third-order valence-electron chi connectivity index (χ3n) is 6.47. The van der Waals surface area contributed by atoms with Gasteiger partial charge in [0, 0.05) is 25.2 Å². The van der Waals surface area contributed by atoms with Crippen LogP contribution in [0.2, 0.25) is 5.02 Å². The lowest BCUT2D eigenvalue weighted by molar-refractivity contribution is 0.0418. The quantitative estimate of drug-likeness (QED) is 0.588.